The first-order valence-corrected chi connectivity index (χ1v) is 8.16. The van der Waals surface area contributed by atoms with Crippen LogP contribution in [0.2, 0.25) is 0 Å². The monoisotopic (exact) mass is 374 g/mol. The molecule has 2 aromatic rings. The molecule has 7 nitrogen and oxygen atoms in total. The second-order valence-electron chi connectivity index (χ2n) is 6.01. The van der Waals surface area contributed by atoms with E-state index in [9.17, 15) is 0 Å². The smallest absolute Gasteiger partial charge is 0.320 e. The van der Waals surface area contributed by atoms with E-state index >= 15 is 0 Å². The highest BCUT2D eigenvalue weighted by Crippen LogP contribution is 2.32. The summed E-state index contributed by atoms with van der Waals surface area (Å²) >= 11 is 0. The van der Waals surface area contributed by atoms with Crippen LogP contribution in [0, 0.1) is 5.92 Å². The second-order valence-corrected chi connectivity index (χ2v) is 6.01. The molecule has 1 aliphatic heterocycles. The van der Waals surface area contributed by atoms with E-state index in [4.69, 9.17) is 4.74 Å². The summed E-state index contributed by atoms with van der Waals surface area (Å²) in [5, 5.41) is 3.37. The van der Waals surface area contributed by atoms with Crippen LogP contribution in [0.5, 0.6) is 6.01 Å². The average Bonchev–Trinajstić information content (AvgIpc) is 3.28. The van der Waals surface area contributed by atoms with Gasteiger partial charge in [0.2, 0.25) is 0 Å². The fourth-order valence-electron chi connectivity index (χ4n) is 2.91. The molecule has 3 heterocycles. The molecule has 24 heavy (non-hydrogen) atoms. The first-order chi connectivity index (χ1) is 10.8. The summed E-state index contributed by atoms with van der Waals surface area (Å²) in [6.07, 6.45) is 4.53. The van der Waals surface area contributed by atoms with E-state index in [1.54, 1.807) is 0 Å². The van der Waals surface area contributed by atoms with E-state index in [0.29, 0.717) is 12.6 Å². The van der Waals surface area contributed by atoms with Crippen molar-refractivity contribution in [3.05, 3.63) is 6.33 Å². The molecule has 4 rings (SSSR count). The number of hydrogen-bond donors (Lipinski definition) is 1. The van der Waals surface area contributed by atoms with Gasteiger partial charge in [-0.1, -0.05) is 0 Å². The van der Waals surface area contributed by atoms with Crippen molar-refractivity contribution in [1.82, 2.24) is 24.8 Å². The molecule has 0 aromatic carbocycles. The summed E-state index contributed by atoms with van der Waals surface area (Å²) in [5.74, 6) is 1.69. The lowest BCUT2D eigenvalue weighted by atomic mass is 10.3. The van der Waals surface area contributed by atoms with Gasteiger partial charge >= 0.3 is 6.01 Å². The summed E-state index contributed by atoms with van der Waals surface area (Å²) < 4.78 is 7.74. The molecule has 2 aliphatic rings. The zero-order valence-electron chi connectivity index (χ0n) is 13.8. The van der Waals surface area contributed by atoms with Crippen molar-refractivity contribution in [3.63, 3.8) is 0 Å². The van der Waals surface area contributed by atoms with Gasteiger partial charge in [-0.2, -0.15) is 9.97 Å². The first-order valence-electron chi connectivity index (χ1n) is 8.16. The molecule has 0 spiro atoms. The number of anilines is 1. The van der Waals surface area contributed by atoms with Crippen molar-refractivity contribution in [2.75, 3.05) is 37.7 Å². The van der Waals surface area contributed by atoms with Crippen LogP contribution >= 0.6 is 24.8 Å². The molecular formula is C15H24Cl2N6O. The molecule has 134 valence electrons. The Morgan fingerprint density at radius 3 is 2.62 bits per heavy atom. The number of piperazine rings is 1. The predicted molar refractivity (Wildman–Crippen MR) is 98.8 cm³/mol. The van der Waals surface area contributed by atoms with Gasteiger partial charge in [-0.05, 0) is 25.7 Å². The molecule has 2 fully saturated rings. The normalized spacial score (nSPS) is 17.3. The quantitative estimate of drug-likeness (QED) is 0.861. The summed E-state index contributed by atoms with van der Waals surface area (Å²) in [4.78, 5) is 16.1. The fraction of sp³-hybridized carbons (Fsp3) is 0.667. The Bertz CT molecular complexity index is 669. The standard InChI is InChI=1S/C15H22N6O.2ClH/c1-2-22-15-18-13(20-7-5-16-6-8-20)12-14(19-15)21(10-17-12)9-11-3-4-11;;/h10-11,16H,2-9H2,1H3;2*1H. The molecule has 1 saturated carbocycles. The van der Waals surface area contributed by atoms with Crippen LogP contribution in [0.4, 0.5) is 5.82 Å². The molecule has 2 aromatic heterocycles. The lowest BCUT2D eigenvalue weighted by molar-refractivity contribution is 0.313. The minimum absolute atomic E-state index is 0. The number of halogens is 2. The van der Waals surface area contributed by atoms with Crippen LogP contribution in [-0.4, -0.2) is 52.3 Å². The number of fused-ring (bicyclic) bond motifs is 1. The van der Waals surface area contributed by atoms with Crippen molar-refractivity contribution in [2.45, 2.75) is 26.3 Å². The van der Waals surface area contributed by atoms with Gasteiger partial charge in [0.05, 0.1) is 12.9 Å². The molecule has 0 unspecified atom stereocenters. The number of hydrogen-bond acceptors (Lipinski definition) is 6. The van der Waals surface area contributed by atoms with Gasteiger partial charge in [-0.25, -0.2) is 4.98 Å². The summed E-state index contributed by atoms with van der Waals surface area (Å²) in [7, 11) is 0. The van der Waals surface area contributed by atoms with Crippen LogP contribution in [0.25, 0.3) is 11.2 Å². The maximum atomic E-state index is 5.58. The van der Waals surface area contributed by atoms with Crippen LogP contribution in [-0.2, 0) is 6.54 Å². The largest absolute Gasteiger partial charge is 0.464 e. The number of ether oxygens (including phenoxy) is 1. The Morgan fingerprint density at radius 1 is 1.21 bits per heavy atom. The van der Waals surface area contributed by atoms with Crippen LogP contribution in [0.3, 0.4) is 0 Å². The first kappa shape index (κ1) is 19.0. The molecule has 1 saturated heterocycles. The van der Waals surface area contributed by atoms with Gasteiger partial charge in [-0.15, -0.1) is 24.8 Å². The third kappa shape index (κ3) is 3.84. The topological polar surface area (TPSA) is 68.1 Å². The number of nitrogens with zero attached hydrogens (tertiary/aromatic N) is 5. The number of aromatic nitrogens is 4. The predicted octanol–water partition coefficient (Wildman–Crippen LogP) is 1.89. The summed E-state index contributed by atoms with van der Waals surface area (Å²) in [5.41, 5.74) is 1.80. The van der Waals surface area contributed by atoms with Crippen LogP contribution in [0.15, 0.2) is 6.33 Å². The van der Waals surface area contributed by atoms with Gasteiger partial charge in [0.1, 0.15) is 0 Å². The van der Waals surface area contributed by atoms with E-state index in [1.807, 2.05) is 13.3 Å². The highest BCUT2D eigenvalue weighted by Gasteiger charge is 2.25. The van der Waals surface area contributed by atoms with Crippen molar-refractivity contribution >= 4 is 41.8 Å². The van der Waals surface area contributed by atoms with Crippen LogP contribution < -0.4 is 15.0 Å². The van der Waals surface area contributed by atoms with E-state index in [0.717, 1.165) is 55.6 Å². The molecule has 9 heteroatoms. The van der Waals surface area contributed by atoms with Gasteiger partial charge < -0.3 is 19.5 Å². The molecule has 1 N–H and O–H groups in total. The number of imidazole rings is 1. The van der Waals surface area contributed by atoms with Gasteiger partial charge in [0.25, 0.3) is 0 Å². The zero-order valence-corrected chi connectivity index (χ0v) is 15.4. The maximum Gasteiger partial charge on any atom is 0.320 e. The Kier molecular flexibility index (Phi) is 6.48. The average molecular weight is 375 g/mol. The van der Waals surface area contributed by atoms with E-state index < -0.39 is 0 Å². The maximum absolute atomic E-state index is 5.58. The lowest BCUT2D eigenvalue weighted by Crippen LogP contribution is -2.44. The van der Waals surface area contributed by atoms with E-state index in [-0.39, 0.29) is 24.8 Å². The Balaban J connectivity index is 0.00000104. The molecule has 0 amide bonds. The second kappa shape index (κ2) is 8.18. The SMILES string of the molecule is CCOc1nc(N2CCNCC2)c2ncn(CC3CC3)c2n1.Cl.Cl. The van der Waals surface area contributed by atoms with Crippen LogP contribution in [0.1, 0.15) is 19.8 Å². The molecular weight excluding hydrogens is 351 g/mol. The highest BCUT2D eigenvalue weighted by atomic mass is 35.5. The minimum atomic E-state index is 0. The summed E-state index contributed by atoms with van der Waals surface area (Å²) in [6.45, 7) is 7.35. The fourth-order valence-corrected chi connectivity index (χ4v) is 2.91. The molecule has 0 radical (unpaired) electrons. The Morgan fingerprint density at radius 2 is 1.96 bits per heavy atom. The van der Waals surface area contributed by atoms with Gasteiger partial charge in [0.15, 0.2) is 17.0 Å². The molecule has 1 aliphatic carbocycles. The third-order valence-corrected chi connectivity index (χ3v) is 4.27. The van der Waals surface area contributed by atoms with Crippen molar-refractivity contribution in [3.8, 4) is 6.01 Å². The van der Waals surface area contributed by atoms with Crippen molar-refractivity contribution in [1.29, 1.82) is 0 Å². The Labute approximate surface area is 154 Å². The van der Waals surface area contributed by atoms with Crippen molar-refractivity contribution < 1.29 is 4.74 Å². The van der Waals surface area contributed by atoms with Gasteiger partial charge in [0, 0.05) is 32.7 Å². The molecule has 0 atom stereocenters. The van der Waals surface area contributed by atoms with E-state index in [1.165, 1.54) is 12.8 Å². The summed E-state index contributed by atoms with van der Waals surface area (Å²) in [6, 6.07) is 0.459. The van der Waals surface area contributed by atoms with E-state index in [2.05, 4.69) is 29.7 Å². The minimum Gasteiger partial charge on any atom is -0.464 e. The Hall–Kier alpha value is -1.31. The third-order valence-electron chi connectivity index (χ3n) is 4.27. The zero-order chi connectivity index (χ0) is 14.9. The lowest BCUT2D eigenvalue weighted by Gasteiger charge is -2.28. The molecule has 0 bridgehead atoms. The van der Waals surface area contributed by atoms with Gasteiger partial charge in [-0.3, -0.25) is 0 Å². The number of rotatable bonds is 5. The number of nitrogens with one attached hydrogen (secondary N) is 1. The highest BCUT2D eigenvalue weighted by molar-refractivity contribution is 5.86. The van der Waals surface area contributed by atoms with Crippen molar-refractivity contribution in [2.24, 2.45) is 5.92 Å².